The molecular weight excluding hydrogens is 358 g/mol. The molecule has 1 heterocycles. The van der Waals surface area contributed by atoms with E-state index in [2.05, 4.69) is 55.7 Å². The molecule has 1 aromatic rings. The summed E-state index contributed by atoms with van der Waals surface area (Å²) in [5, 5.41) is 5.57. The van der Waals surface area contributed by atoms with Crippen LogP contribution >= 0.6 is 31.9 Å². The van der Waals surface area contributed by atoms with Crippen LogP contribution in [0.5, 0.6) is 0 Å². The van der Waals surface area contributed by atoms with E-state index in [9.17, 15) is 0 Å². The van der Waals surface area contributed by atoms with Crippen LogP contribution in [0.15, 0.2) is 4.47 Å². The van der Waals surface area contributed by atoms with E-state index in [0.29, 0.717) is 0 Å². The molecular formula is C13H23Br2N3. The van der Waals surface area contributed by atoms with Crippen LogP contribution in [0.25, 0.3) is 0 Å². The van der Waals surface area contributed by atoms with Crippen LogP contribution in [-0.4, -0.2) is 33.1 Å². The lowest BCUT2D eigenvalue weighted by Crippen LogP contribution is -2.27. The van der Waals surface area contributed by atoms with Crippen molar-refractivity contribution in [2.75, 3.05) is 18.4 Å². The second kappa shape index (κ2) is 8.33. The molecule has 0 atom stereocenters. The normalized spacial score (nSPS) is 11.4. The zero-order chi connectivity index (χ0) is 13.5. The second-order valence-electron chi connectivity index (χ2n) is 4.50. The van der Waals surface area contributed by atoms with Gasteiger partial charge in [0, 0.05) is 25.5 Å². The molecule has 3 nitrogen and oxygen atoms in total. The van der Waals surface area contributed by atoms with E-state index in [-0.39, 0.29) is 0 Å². The highest BCUT2D eigenvalue weighted by Gasteiger charge is 2.15. The monoisotopic (exact) mass is 379 g/mol. The summed E-state index contributed by atoms with van der Waals surface area (Å²) in [6.45, 7) is 7.58. The summed E-state index contributed by atoms with van der Waals surface area (Å²) in [6, 6.07) is 0. The standard InChI is InChI=1S/C13H23Br2N3/c1-4-6-8-18(9-7-14)10-12-13(15)11(5-2)16-17(12)3/h4-10H2,1-3H3. The lowest BCUT2D eigenvalue weighted by atomic mass is 10.2. The topological polar surface area (TPSA) is 21.1 Å². The number of alkyl halides is 1. The largest absolute Gasteiger partial charge is 0.297 e. The highest BCUT2D eigenvalue weighted by atomic mass is 79.9. The molecule has 18 heavy (non-hydrogen) atoms. The molecule has 104 valence electrons. The molecule has 0 saturated carbocycles. The molecule has 0 N–H and O–H groups in total. The Labute approximate surface area is 127 Å². The first-order valence-corrected chi connectivity index (χ1v) is 8.54. The van der Waals surface area contributed by atoms with Gasteiger partial charge in [0.1, 0.15) is 0 Å². The summed E-state index contributed by atoms with van der Waals surface area (Å²) < 4.78 is 3.19. The van der Waals surface area contributed by atoms with Gasteiger partial charge in [0.05, 0.1) is 15.9 Å². The first-order valence-electron chi connectivity index (χ1n) is 6.62. The van der Waals surface area contributed by atoms with Crippen molar-refractivity contribution in [2.45, 2.75) is 39.7 Å². The third-order valence-electron chi connectivity index (χ3n) is 3.10. The molecule has 5 heteroatoms. The van der Waals surface area contributed by atoms with Crippen LogP contribution < -0.4 is 0 Å². The number of halogens is 2. The van der Waals surface area contributed by atoms with Crippen LogP contribution in [0.3, 0.4) is 0 Å². The summed E-state index contributed by atoms with van der Waals surface area (Å²) in [4.78, 5) is 2.49. The van der Waals surface area contributed by atoms with Crippen LogP contribution in [0.1, 0.15) is 38.1 Å². The van der Waals surface area contributed by atoms with Gasteiger partial charge in [-0.15, -0.1) is 0 Å². The lowest BCUT2D eigenvalue weighted by molar-refractivity contribution is 0.270. The fourth-order valence-corrected chi connectivity index (χ4v) is 3.22. The second-order valence-corrected chi connectivity index (χ2v) is 6.09. The fraction of sp³-hybridized carbons (Fsp3) is 0.769. The minimum absolute atomic E-state index is 0.968. The minimum Gasteiger partial charge on any atom is -0.297 e. The van der Waals surface area contributed by atoms with Crippen molar-refractivity contribution in [2.24, 2.45) is 7.05 Å². The van der Waals surface area contributed by atoms with Gasteiger partial charge in [0.15, 0.2) is 0 Å². The summed E-state index contributed by atoms with van der Waals surface area (Å²) in [7, 11) is 2.03. The minimum atomic E-state index is 0.968. The summed E-state index contributed by atoms with van der Waals surface area (Å²) in [5.41, 5.74) is 2.44. The molecule has 0 radical (unpaired) electrons. The quantitative estimate of drug-likeness (QED) is 0.640. The van der Waals surface area contributed by atoms with E-state index in [1.807, 2.05) is 11.7 Å². The van der Waals surface area contributed by atoms with E-state index in [1.165, 1.54) is 23.0 Å². The van der Waals surface area contributed by atoms with E-state index in [4.69, 9.17) is 0 Å². The Hall–Kier alpha value is 0.130. The SMILES string of the molecule is CCCCN(CCBr)Cc1c(Br)c(CC)nn1C. The Balaban J connectivity index is 2.76. The van der Waals surface area contributed by atoms with Crippen molar-refractivity contribution < 1.29 is 0 Å². The molecule has 0 amide bonds. The molecule has 0 unspecified atom stereocenters. The van der Waals surface area contributed by atoms with Crippen LogP contribution in [-0.2, 0) is 20.0 Å². The highest BCUT2D eigenvalue weighted by molar-refractivity contribution is 9.10. The average molecular weight is 381 g/mol. The Kier molecular flexibility index (Phi) is 7.49. The summed E-state index contributed by atoms with van der Waals surface area (Å²) >= 11 is 7.22. The van der Waals surface area contributed by atoms with Crippen LogP contribution in [0, 0.1) is 0 Å². The summed E-state index contributed by atoms with van der Waals surface area (Å²) in [6.07, 6.45) is 3.47. The molecule has 1 aromatic heterocycles. The maximum Gasteiger partial charge on any atom is 0.0767 e. The molecule has 0 aliphatic carbocycles. The number of unbranched alkanes of at least 4 members (excludes halogenated alkanes) is 1. The molecule has 0 saturated heterocycles. The lowest BCUT2D eigenvalue weighted by Gasteiger charge is -2.21. The molecule has 0 bridgehead atoms. The molecule has 0 aromatic carbocycles. The van der Waals surface area contributed by atoms with E-state index >= 15 is 0 Å². The van der Waals surface area contributed by atoms with Crippen LogP contribution in [0.2, 0.25) is 0 Å². The Bertz CT molecular complexity index is 363. The van der Waals surface area contributed by atoms with Gasteiger partial charge in [-0.1, -0.05) is 36.2 Å². The number of rotatable bonds is 8. The zero-order valence-electron chi connectivity index (χ0n) is 11.5. The number of hydrogen-bond acceptors (Lipinski definition) is 2. The van der Waals surface area contributed by atoms with Gasteiger partial charge in [0.25, 0.3) is 0 Å². The predicted octanol–water partition coefficient (Wildman–Crippen LogP) is 3.74. The first kappa shape index (κ1) is 16.2. The predicted molar refractivity (Wildman–Crippen MR) is 84.3 cm³/mol. The first-order chi connectivity index (χ1) is 8.63. The molecule has 0 spiro atoms. The Morgan fingerprint density at radius 2 is 2.00 bits per heavy atom. The van der Waals surface area contributed by atoms with E-state index < -0.39 is 0 Å². The van der Waals surface area contributed by atoms with Crippen molar-refractivity contribution in [3.8, 4) is 0 Å². The summed E-state index contributed by atoms with van der Waals surface area (Å²) in [5.74, 6) is 0. The van der Waals surface area contributed by atoms with Gasteiger partial charge in [-0.25, -0.2) is 0 Å². The maximum atomic E-state index is 4.55. The average Bonchev–Trinajstić information content (AvgIpc) is 2.63. The maximum absolute atomic E-state index is 4.55. The van der Waals surface area contributed by atoms with Crippen molar-refractivity contribution in [3.63, 3.8) is 0 Å². The van der Waals surface area contributed by atoms with Crippen LogP contribution in [0.4, 0.5) is 0 Å². The fourth-order valence-electron chi connectivity index (χ4n) is 1.97. The van der Waals surface area contributed by atoms with E-state index in [0.717, 1.165) is 37.1 Å². The highest BCUT2D eigenvalue weighted by Crippen LogP contribution is 2.23. The zero-order valence-corrected chi connectivity index (χ0v) is 14.7. The number of hydrogen-bond donors (Lipinski definition) is 0. The van der Waals surface area contributed by atoms with Crippen molar-refractivity contribution in [3.05, 3.63) is 15.9 Å². The molecule has 0 fully saturated rings. The van der Waals surface area contributed by atoms with Gasteiger partial charge in [0.2, 0.25) is 0 Å². The van der Waals surface area contributed by atoms with Gasteiger partial charge in [-0.2, -0.15) is 5.10 Å². The van der Waals surface area contributed by atoms with Gasteiger partial charge in [-0.05, 0) is 35.3 Å². The number of aryl methyl sites for hydroxylation is 2. The molecule has 1 rings (SSSR count). The van der Waals surface area contributed by atoms with Crippen molar-refractivity contribution in [1.29, 1.82) is 0 Å². The Morgan fingerprint density at radius 3 is 2.50 bits per heavy atom. The third kappa shape index (κ3) is 4.35. The third-order valence-corrected chi connectivity index (χ3v) is 4.37. The molecule has 0 aliphatic heterocycles. The molecule has 0 aliphatic rings. The van der Waals surface area contributed by atoms with Gasteiger partial charge < -0.3 is 0 Å². The van der Waals surface area contributed by atoms with Gasteiger partial charge in [-0.3, -0.25) is 9.58 Å². The number of aromatic nitrogens is 2. The van der Waals surface area contributed by atoms with Gasteiger partial charge >= 0.3 is 0 Å². The van der Waals surface area contributed by atoms with Crippen molar-refractivity contribution in [1.82, 2.24) is 14.7 Å². The van der Waals surface area contributed by atoms with E-state index in [1.54, 1.807) is 0 Å². The van der Waals surface area contributed by atoms with Crippen molar-refractivity contribution >= 4 is 31.9 Å². The Morgan fingerprint density at radius 1 is 1.28 bits per heavy atom. The smallest absolute Gasteiger partial charge is 0.0767 e. The number of nitrogens with zero attached hydrogens (tertiary/aromatic N) is 3.